The minimum atomic E-state index is 0.102. The van der Waals surface area contributed by atoms with Crippen LogP contribution in [0.25, 0.3) is 11.0 Å². The van der Waals surface area contributed by atoms with E-state index < -0.39 is 0 Å². The van der Waals surface area contributed by atoms with Gasteiger partial charge in [-0.3, -0.25) is 4.98 Å². The van der Waals surface area contributed by atoms with E-state index in [1.165, 1.54) is 0 Å². The summed E-state index contributed by atoms with van der Waals surface area (Å²) in [6, 6.07) is 0. The lowest BCUT2D eigenvalue weighted by Gasteiger charge is -2.10. The monoisotopic (exact) mass is 365 g/mol. The van der Waals surface area contributed by atoms with Gasteiger partial charge in [0.2, 0.25) is 5.95 Å². The Bertz CT molecular complexity index is 933. The Labute approximate surface area is 149 Å². The summed E-state index contributed by atoms with van der Waals surface area (Å²) in [6.45, 7) is 4.27. The van der Waals surface area contributed by atoms with Gasteiger partial charge in [0.25, 0.3) is 0 Å². The van der Waals surface area contributed by atoms with E-state index in [2.05, 4.69) is 20.1 Å². The zero-order chi connectivity index (χ0) is 17.6. The van der Waals surface area contributed by atoms with Crippen LogP contribution in [-0.2, 0) is 6.54 Å². The van der Waals surface area contributed by atoms with E-state index in [9.17, 15) is 0 Å². The topological polar surface area (TPSA) is 85.8 Å². The number of fused-ring (bicyclic) bond motifs is 1. The Morgan fingerprint density at radius 2 is 1.92 bits per heavy atom. The SMILES string of the molecule is Cc1cnc(Cn2nc(N(C)C)c3c(Cl)nc(N)nc32)c(C)c1Cl. The normalized spacial score (nSPS) is 11.2. The summed E-state index contributed by atoms with van der Waals surface area (Å²) in [5.74, 6) is 0.774. The second-order valence-electron chi connectivity index (χ2n) is 5.77. The number of nitrogens with zero attached hydrogens (tertiary/aromatic N) is 6. The largest absolute Gasteiger partial charge is 0.368 e. The molecule has 3 heterocycles. The Balaban J connectivity index is 2.19. The van der Waals surface area contributed by atoms with Gasteiger partial charge >= 0.3 is 0 Å². The molecule has 0 radical (unpaired) electrons. The maximum absolute atomic E-state index is 6.33. The fraction of sp³-hybridized carbons (Fsp3) is 0.333. The highest BCUT2D eigenvalue weighted by molar-refractivity contribution is 6.35. The van der Waals surface area contributed by atoms with E-state index in [4.69, 9.17) is 28.9 Å². The molecule has 3 rings (SSSR count). The molecule has 0 aliphatic rings. The molecule has 0 fully saturated rings. The first kappa shape index (κ1) is 16.7. The van der Waals surface area contributed by atoms with E-state index in [0.29, 0.717) is 28.4 Å². The highest BCUT2D eigenvalue weighted by atomic mass is 35.5. The lowest BCUT2D eigenvalue weighted by atomic mass is 10.1. The fourth-order valence-electron chi connectivity index (χ4n) is 2.50. The molecule has 9 heteroatoms. The lowest BCUT2D eigenvalue weighted by Crippen LogP contribution is -2.11. The zero-order valence-electron chi connectivity index (χ0n) is 13.8. The molecule has 0 spiro atoms. The summed E-state index contributed by atoms with van der Waals surface area (Å²) in [5, 5.41) is 6.24. The van der Waals surface area contributed by atoms with Gasteiger partial charge in [-0.15, -0.1) is 0 Å². The van der Waals surface area contributed by atoms with E-state index in [0.717, 1.165) is 16.8 Å². The third-order valence-corrected chi connectivity index (χ3v) is 4.65. The van der Waals surface area contributed by atoms with Crippen molar-refractivity contribution in [3.05, 3.63) is 33.2 Å². The van der Waals surface area contributed by atoms with Crippen molar-refractivity contribution >= 4 is 46.0 Å². The van der Waals surface area contributed by atoms with Crippen molar-refractivity contribution in [1.29, 1.82) is 0 Å². The maximum atomic E-state index is 6.33. The first-order chi connectivity index (χ1) is 11.3. The van der Waals surface area contributed by atoms with Crippen molar-refractivity contribution in [3.8, 4) is 0 Å². The molecule has 0 saturated carbocycles. The minimum Gasteiger partial charge on any atom is -0.368 e. The number of aryl methyl sites for hydroxylation is 1. The van der Waals surface area contributed by atoms with E-state index >= 15 is 0 Å². The number of hydrogen-bond acceptors (Lipinski definition) is 6. The van der Waals surface area contributed by atoms with Gasteiger partial charge in [0.15, 0.2) is 11.5 Å². The van der Waals surface area contributed by atoms with Crippen molar-refractivity contribution < 1.29 is 0 Å². The van der Waals surface area contributed by atoms with Gasteiger partial charge in [-0.05, 0) is 25.0 Å². The molecular formula is C15H17Cl2N7. The van der Waals surface area contributed by atoms with E-state index in [1.54, 1.807) is 10.9 Å². The van der Waals surface area contributed by atoms with Crippen LogP contribution in [0, 0.1) is 13.8 Å². The molecular weight excluding hydrogens is 349 g/mol. The highest BCUT2D eigenvalue weighted by Crippen LogP contribution is 2.31. The third-order valence-electron chi connectivity index (χ3n) is 3.79. The van der Waals surface area contributed by atoms with Gasteiger partial charge < -0.3 is 10.6 Å². The summed E-state index contributed by atoms with van der Waals surface area (Å²) >= 11 is 12.6. The van der Waals surface area contributed by atoms with Gasteiger partial charge in [-0.2, -0.15) is 10.1 Å². The molecule has 0 aromatic carbocycles. The molecule has 0 aliphatic carbocycles. The van der Waals surface area contributed by atoms with Crippen molar-refractivity contribution in [2.24, 2.45) is 0 Å². The smallest absolute Gasteiger partial charge is 0.223 e. The molecule has 24 heavy (non-hydrogen) atoms. The first-order valence-electron chi connectivity index (χ1n) is 7.27. The van der Waals surface area contributed by atoms with Crippen LogP contribution in [0.5, 0.6) is 0 Å². The Hall–Kier alpha value is -2.12. The van der Waals surface area contributed by atoms with E-state index in [1.807, 2.05) is 32.8 Å². The summed E-state index contributed by atoms with van der Waals surface area (Å²) in [7, 11) is 3.76. The van der Waals surface area contributed by atoms with Crippen molar-refractivity contribution in [2.45, 2.75) is 20.4 Å². The number of nitrogen functional groups attached to an aromatic ring is 1. The first-order valence-corrected chi connectivity index (χ1v) is 8.02. The van der Waals surface area contributed by atoms with Crippen molar-refractivity contribution in [1.82, 2.24) is 24.7 Å². The van der Waals surface area contributed by atoms with Crippen LogP contribution in [-0.4, -0.2) is 38.8 Å². The summed E-state index contributed by atoms with van der Waals surface area (Å²) < 4.78 is 1.72. The van der Waals surface area contributed by atoms with Crippen LogP contribution in [0.1, 0.15) is 16.8 Å². The van der Waals surface area contributed by atoms with Gasteiger partial charge in [-0.25, -0.2) is 9.67 Å². The highest BCUT2D eigenvalue weighted by Gasteiger charge is 2.20. The van der Waals surface area contributed by atoms with Crippen LogP contribution in [0.3, 0.4) is 0 Å². The molecule has 0 unspecified atom stereocenters. The summed E-state index contributed by atoms with van der Waals surface area (Å²) in [4.78, 5) is 14.7. The number of hydrogen-bond donors (Lipinski definition) is 1. The number of nitrogens with two attached hydrogens (primary N) is 1. The van der Waals surface area contributed by atoms with Crippen LogP contribution in [0.4, 0.5) is 11.8 Å². The maximum Gasteiger partial charge on any atom is 0.223 e. The van der Waals surface area contributed by atoms with Crippen LogP contribution < -0.4 is 10.6 Å². The predicted octanol–water partition coefficient (Wildman–Crippen LogP) is 2.84. The summed E-state index contributed by atoms with van der Waals surface area (Å²) in [6.07, 6.45) is 1.75. The van der Waals surface area contributed by atoms with Gasteiger partial charge in [0, 0.05) is 25.3 Å². The predicted molar refractivity (Wildman–Crippen MR) is 96.9 cm³/mol. The lowest BCUT2D eigenvalue weighted by molar-refractivity contribution is 0.683. The van der Waals surface area contributed by atoms with E-state index in [-0.39, 0.29) is 11.1 Å². The third kappa shape index (κ3) is 2.74. The standard InChI is InChI=1S/C15H17Cl2N7/c1-7-5-19-9(8(2)11(7)16)6-24-13-10(14(22-24)23(3)4)12(17)20-15(18)21-13/h5H,6H2,1-4H3,(H2,18,20,21). The minimum absolute atomic E-state index is 0.102. The molecule has 0 saturated heterocycles. The Morgan fingerprint density at radius 3 is 2.58 bits per heavy atom. The zero-order valence-corrected chi connectivity index (χ0v) is 15.3. The van der Waals surface area contributed by atoms with Gasteiger partial charge in [0.1, 0.15) is 10.5 Å². The average Bonchev–Trinajstić information content (AvgIpc) is 2.87. The number of aromatic nitrogens is 5. The molecule has 2 N–H and O–H groups in total. The molecule has 0 amide bonds. The van der Waals surface area contributed by atoms with Gasteiger partial charge in [0.05, 0.1) is 12.2 Å². The fourth-order valence-corrected chi connectivity index (χ4v) is 2.92. The van der Waals surface area contributed by atoms with Gasteiger partial charge in [-0.1, -0.05) is 23.2 Å². The number of pyridine rings is 1. The molecule has 126 valence electrons. The van der Waals surface area contributed by atoms with Crippen LogP contribution >= 0.6 is 23.2 Å². The van der Waals surface area contributed by atoms with Crippen LogP contribution in [0.2, 0.25) is 10.2 Å². The molecule has 0 aliphatic heterocycles. The average molecular weight is 366 g/mol. The molecule has 0 atom stereocenters. The second-order valence-corrected chi connectivity index (χ2v) is 6.51. The Morgan fingerprint density at radius 1 is 1.21 bits per heavy atom. The molecule has 0 bridgehead atoms. The Kier molecular flexibility index (Phi) is 4.23. The molecule has 7 nitrogen and oxygen atoms in total. The number of halogens is 2. The number of rotatable bonds is 3. The molecule has 3 aromatic heterocycles. The van der Waals surface area contributed by atoms with Crippen LogP contribution in [0.15, 0.2) is 6.20 Å². The molecule has 3 aromatic rings. The number of anilines is 2. The van der Waals surface area contributed by atoms with Crippen molar-refractivity contribution in [2.75, 3.05) is 24.7 Å². The quantitative estimate of drug-likeness (QED) is 0.718. The van der Waals surface area contributed by atoms with Crippen molar-refractivity contribution in [3.63, 3.8) is 0 Å². The summed E-state index contributed by atoms with van der Waals surface area (Å²) in [5.41, 5.74) is 8.98. The second kappa shape index (κ2) is 6.07.